The van der Waals surface area contributed by atoms with E-state index in [-0.39, 0.29) is 18.0 Å². The van der Waals surface area contributed by atoms with Gasteiger partial charge in [-0.1, -0.05) is 0 Å². The molecule has 0 bridgehead atoms. The van der Waals surface area contributed by atoms with Crippen LogP contribution in [0, 0.1) is 12.7 Å². The summed E-state index contributed by atoms with van der Waals surface area (Å²) in [5.74, 6) is -0.952. The highest BCUT2D eigenvalue weighted by Crippen LogP contribution is 2.32. The fourth-order valence-corrected chi connectivity index (χ4v) is 1.79. The van der Waals surface area contributed by atoms with Crippen LogP contribution in [-0.2, 0) is 6.18 Å². The Morgan fingerprint density at radius 1 is 1.29 bits per heavy atom. The number of benzene rings is 1. The Morgan fingerprint density at radius 2 is 2.04 bits per heavy atom. The van der Waals surface area contributed by atoms with E-state index in [2.05, 4.69) is 10.3 Å². The summed E-state index contributed by atoms with van der Waals surface area (Å²) < 4.78 is 56.4. The molecule has 0 aliphatic carbocycles. The number of ether oxygens (including phenoxy) is 1. The maximum atomic E-state index is 13.2. The molecule has 0 aliphatic heterocycles. The maximum absolute atomic E-state index is 13.2. The highest BCUT2D eigenvalue weighted by molar-refractivity contribution is 5.49. The average Bonchev–Trinajstić information content (AvgIpc) is 2.51. The second kappa shape index (κ2) is 7.20. The van der Waals surface area contributed by atoms with E-state index in [0.717, 1.165) is 11.6 Å². The van der Waals surface area contributed by atoms with Gasteiger partial charge in [-0.2, -0.15) is 13.2 Å². The lowest BCUT2D eigenvalue weighted by Crippen LogP contribution is -2.12. The first-order chi connectivity index (χ1) is 11.3. The van der Waals surface area contributed by atoms with Crippen molar-refractivity contribution in [2.24, 2.45) is 5.73 Å². The molecule has 1 heterocycles. The van der Waals surface area contributed by atoms with Crippen LogP contribution in [0.1, 0.15) is 11.1 Å². The summed E-state index contributed by atoms with van der Waals surface area (Å²) in [5.41, 5.74) is 5.62. The van der Waals surface area contributed by atoms with Gasteiger partial charge in [-0.05, 0) is 36.8 Å². The molecule has 1 aromatic carbocycles. The van der Waals surface area contributed by atoms with Gasteiger partial charge in [-0.25, -0.2) is 9.37 Å². The molecule has 24 heavy (non-hydrogen) atoms. The Hall–Kier alpha value is -2.77. The second-order valence-electron chi connectivity index (χ2n) is 5.02. The summed E-state index contributed by atoms with van der Waals surface area (Å²) in [4.78, 5) is 3.99. The number of hydrogen-bond donors (Lipinski definition) is 2. The van der Waals surface area contributed by atoms with E-state index in [0.29, 0.717) is 11.9 Å². The Balaban J connectivity index is 1.99. The lowest BCUT2D eigenvalue weighted by Gasteiger charge is -2.11. The van der Waals surface area contributed by atoms with Gasteiger partial charge in [0.1, 0.15) is 12.4 Å². The number of alkyl halides is 3. The monoisotopic (exact) mass is 341 g/mol. The number of pyridine rings is 1. The number of nitrogens with one attached hydrogen (secondary N) is 1. The van der Waals surface area contributed by atoms with E-state index in [9.17, 15) is 17.6 Å². The average molecular weight is 341 g/mol. The van der Waals surface area contributed by atoms with Crippen molar-refractivity contribution in [1.29, 1.82) is 0 Å². The zero-order valence-corrected chi connectivity index (χ0v) is 12.7. The lowest BCUT2D eigenvalue weighted by atomic mass is 10.2. The van der Waals surface area contributed by atoms with Crippen LogP contribution in [0.2, 0.25) is 0 Å². The van der Waals surface area contributed by atoms with Gasteiger partial charge < -0.3 is 15.8 Å². The zero-order chi connectivity index (χ0) is 17.7. The van der Waals surface area contributed by atoms with Crippen LogP contribution in [0.15, 0.2) is 48.4 Å². The fourth-order valence-electron chi connectivity index (χ4n) is 1.79. The van der Waals surface area contributed by atoms with Gasteiger partial charge in [0, 0.05) is 24.2 Å². The molecule has 0 spiro atoms. The number of aryl methyl sites for hydroxylation is 1. The lowest BCUT2D eigenvalue weighted by molar-refractivity contribution is -0.139. The number of anilines is 1. The minimum atomic E-state index is -4.77. The van der Waals surface area contributed by atoms with Crippen LogP contribution in [0.4, 0.5) is 23.2 Å². The number of nitrogens with zero attached hydrogens (tertiary/aromatic N) is 1. The third kappa shape index (κ3) is 4.87. The Bertz CT molecular complexity index is 744. The first-order valence-electron chi connectivity index (χ1n) is 6.89. The molecule has 0 atom stereocenters. The molecule has 0 fully saturated rings. The van der Waals surface area contributed by atoms with Crippen molar-refractivity contribution in [3.63, 3.8) is 0 Å². The summed E-state index contributed by atoms with van der Waals surface area (Å²) in [6.07, 6.45) is -1.90. The van der Waals surface area contributed by atoms with Crippen molar-refractivity contribution < 1.29 is 22.3 Å². The molecule has 0 saturated heterocycles. The van der Waals surface area contributed by atoms with E-state index in [1.54, 1.807) is 18.3 Å². The number of halogens is 4. The number of hydrogen-bond acceptors (Lipinski definition) is 4. The summed E-state index contributed by atoms with van der Waals surface area (Å²) in [5, 5.41) is 2.58. The molecule has 2 rings (SSSR count). The molecule has 1 aromatic heterocycles. The van der Waals surface area contributed by atoms with Crippen LogP contribution in [-0.4, -0.2) is 11.6 Å². The second-order valence-corrected chi connectivity index (χ2v) is 5.02. The molecule has 3 N–H and O–H groups in total. The van der Waals surface area contributed by atoms with Crippen molar-refractivity contribution in [3.8, 4) is 5.88 Å². The van der Waals surface area contributed by atoms with Crippen LogP contribution < -0.4 is 15.8 Å². The first kappa shape index (κ1) is 17.6. The number of nitrogens with two attached hydrogens (primary N) is 1. The van der Waals surface area contributed by atoms with Crippen molar-refractivity contribution >= 4 is 5.69 Å². The minimum absolute atomic E-state index is 0.00320. The number of aromatic nitrogens is 1. The predicted octanol–water partition coefficient (Wildman–Crippen LogP) is 3.84. The molecule has 4 nitrogen and oxygen atoms in total. The van der Waals surface area contributed by atoms with Crippen molar-refractivity contribution in [3.05, 3.63) is 65.4 Å². The normalized spacial score (nSPS) is 12.1. The van der Waals surface area contributed by atoms with Crippen LogP contribution in [0.5, 0.6) is 5.88 Å². The van der Waals surface area contributed by atoms with Gasteiger partial charge in [-0.15, -0.1) is 0 Å². The molecular weight excluding hydrogens is 326 g/mol. The Morgan fingerprint density at radius 3 is 2.71 bits per heavy atom. The summed E-state index contributed by atoms with van der Waals surface area (Å²) >= 11 is 0. The van der Waals surface area contributed by atoms with Gasteiger partial charge in [0.2, 0.25) is 5.88 Å². The molecule has 0 aliphatic rings. The molecule has 0 amide bonds. The Kier molecular flexibility index (Phi) is 5.28. The molecule has 0 saturated carbocycles. The quantitative estimate of drug-likeness (QED) is 0.811. The highest BCUT2D eigenvalue weighted by atomic mass is 19.4. The minimum Gasteiger partial charge on any atom is -0.471 e. The van der Waals surface area contributed by atoms with Crippen LogP contribution in [0.3, 0.4) is 0 Å². The van der Waals surface area contributed by atoms with E-state index in [4.69, 9.17) is 10.5 Å². The van der Waals surface area contributed by atoms with Gasteiger partial charge in [-0.3, -0.25) is 0 Å². The first-order valence-corrected chi connectivity index (χ1v) is 6.89. The fraction of sp³-hybridized carbons (Fsp3) is 0.188. The Labute approximate surface area is 136 Å². The molecule has 8 heteroatoms. The molecule has 0 radical (unpaired) electrons. The van der Waals surface area contributed by atoms with Crippen molar-refractivity contribution in [1.82, 2.24) is 4.98 Å². The topological polar surface area (TPSA) is 60.2 Å². The third-order valence-corrected chi connectivity index (χ3v) is 2.97. The molecule has 2 aromatic rings. The summed E-state index contributed by atoms with van der Waals surface area (Å²) in [6, 6.07) is 6.11. The molecular formula is C16H15F4N3O. The van der Waals surface area contributed by atoms with E-state index in [1.165, 1.54) is 12.3 Å². The third-order valence-electron chi connectivity index (χ3n) is 2.97. The predicted molar refractivity (Wildman–Crippen MR) is 81.8 cm³/mol. The van der Waals surface area contributed by atoms with E-state index >= 15 is 0 Å². The van der Waals surface area contributed by atoms with E-state index < -0.39 is 17.6 Å². The van der Waals surface area contributed by atoms with Crippen molar-refractivity contribution in [2.45, 2.75) is 13.1 Å². The van der Waals surface area contributed by atoms with Gasteiger partial charge in [0.05, 0.1) is 11.3 Å². The van der Waals surface area contributed by atoms with Gasteiger partial charge >= 0.3 is 6.18 Å². The smallest absolute Gasteiger partial charge is 0.419 e. The van der Waals surface area contributed by atoms with Gasteiger partial charge in [0.15, 0.2) is 0 Å². The van der Waals surface area contributed by atoms with Gasteiger partial charge in [0.25, 0.3) is 0 Å². The summed E-state index contributed by atoms with van der Waals surface area (Å²) in [6.45, 7) is 1.87. The molecule has 0 unspecified atom stereocenters. The zero-order valence-electron chi connectivity index (χ0n) is 12.7. The summed E-state index contributed by atoms with van der Waals surface area (Å²) in [7, 11) is 0. The number of rotatable bonds is 5. The maximum Gasteiger partial charge on any atom is 0.419 e. The largest absolute Gasteiger partial charge is 0.471 e. The van der Waals surface area contributed by atoms with Crippen LogP contribution in [0.25, 0.3) is 0 Å². The van der Waals surface area contributed by atoms with Crippen LogP contribution >= 0.6 is 0 Å². The SMILES string of the molecule is Cc1ccnc(OC/C(N)=C/Nc2ccc(F)c(C(F)(F)F)c2)c1. The highest BCUT2D eigenvalue weighted by Gasteiger charge is 2.34. The van der Waals surface area contributed by atoms with E-state index in [1.807, 2.05) is 6.92 Å². The standard InChI is InChI=1S/C16H15F4N3O/c1-10-4-5-22-15(6-10)24-9-11(21)8-23-12-2-3-14(17)13(7-12)16(18,19)20/h2-8,23H,9,21H2,1H3/b11-8-. The molecule has 128 valence electrons. The van der Waals surface area contributed by atoms with Crippen molar-refractivity contribution in [2.75, 3.05) is 11.9 Å².